The van der Waals surface area contributed by atoms with E-state index in [0.29, 0.717) is 36.9 Å². The highest BCUT2D eigenvalue weighted by Gasteiger charge is 2.30. The number of amides is 1. The monoisotopic (exact) mass is 499 g/mol. The normalized spacial score (nSPS) is 19.2. The predicted octanol–water partition coefficient (Wildman–Crippen LogP) is 4.74. The molecule has 6 nitrogen and oxygen atoms in total. The summed E-state index contributed by atoms with van der Waals surface area (Å²) in [5.74, 6) is -0.960. The van der Waals surface area contributed by atoms with Gasteiger partial charge in [0.15, 0.2) is 0 Å². The Bertz CT molecular complexity index is 1260. The molecule has 1 aliphatic carbocycles. The van der Waals surface area contributed by atoms with Crippen LogP contribution in [0.1, 0.15) is 44.2 Å². The third kappa shape index (κ3) is 6.29. The Kier molecular flexibility index (Phi) is 7.57. The molecule has 1 heterocycles. The summed E-state index contributed by atoms with van der Waals surface area (Å²) in [5.41, 5.74) is 2.05. The quantitative estimate of drug-likeness (QED) is 0.492. The maximum atomic E-state index is 13.1. The lowest BCUT2D eigenvalue weighted by Crippen LogP contribution is -2.41. The molecule has 0 saturated heterocycles. The van der Waals surface area contributed by atoms with E-state index in [1.54, 1.807) is 30.3 Å². The van der Waals surface area contributed by atoms with Crippen molar-refractivity contribution >= 4 is 15.9 Å². The summed E-state index contributed by atoms with van der Waals surface area (Å²) in [6, 6.07) is 14.4. The zero-order valence-electron chi connectivity index (χ0n) is 19.2. The summed E-state index contributed by atoms with van der Waals surface area (Å²) in [4.78, 5) is 16.9. The molecule has 1 fully saturated rings. The number of hydrogen-bond donors (Lipinski definition) is 2. The summed E-state index contributed by atoms with van der Waals surface area (Å²) in [7, 11) is -3.77. The van der Waals surface area contributed by atoms with E-state index in [1.165, 1.54) is 36.5 Å². The molecule has 2 N–H and O–H groups in total. The average molecular weight is 500 g/mol. The van der Waals surface area contributed by atoms with Gasteiger partial charge in [0.05, 0.1) is 11.7 Å². The maximum absolute atomic E-state index is 13.1. The molecule has 1 atom stereocenters. The Morgan fingerprint density at radius 2 is 1.51 bits per heavy atom. The van der Waals surface area contributed by atoms with Crippen molar-refractivity contribution in [2.75, 3.05) is 0 Å². The second-order valence-electron chi connectivity index (χ2n) is 8.84. The largest absolute Gasteiger partial charge is 0.349 e. The van der Waals surface area contributed by atoms with E-state index in [1.807, 2.05) is 6.92 Å². The van der Waals surface area contributed by atoms with Gasteiger partial charge < -0.3 is 5.32 Å². The lowest BCUT2D eigenvalue weighted by Gasteiger charge is -2.29. The number of pyridine rings is 1. The van der Waals surface area contributed by atoms with Crippen LogP contribution < -0.4 is 10.0 Å². The standard InChI is InChI=1S/C26H27F2N3O3S/c1-17(18-2-8-21(27)9-3-18)30-26(32)20-6-12-23(13-7-20)31-35(33,34)24-14-15-25(29-16-24)19-4-10-22(28)11-5-19/h2-5,8-11,14-17,20,23,31H,6-7,12-13H2,1H3,(H,30,32)/t17-,20?,23?/m1/s1. The number of benzene rings is 2. The van der Waals surface area contributed by atoms with E-state index in [2.05, 4.69) is 15.0 Å². The molecule has 0 spiro atoms. The van der Waals surface area contributed by atoms with Gasteiger partial charge in [-0.05, 0) is 86.7 Å². The number of halogens is 2. The molecule has 0 aliphatic heterocycles. The molecule has 1 saturated carbocycles. The second-order valence-corrected chi connectivity index (χ2v) is 10.6. The minimum absolute atomic E-state index is 0.0522. The summed E-state index contributed by atoms with van der Waals surface area (Å²) in [5, 5.41) is 2.97. The number of sulfonamides is 1. The first-order valence-corrected chi connectivity index (χ1v) is 13.0. The average Bonchev–Trinajstić information content (AvgIpc) is 2.85. The number of rotatable bonds is 7. The topological polar surface area (TPSA) is 88.2 Å². The number of aromatic nitrogens is 1. The molecule has 1 aromatic heterocycles. The molecular formula is C26H27F2N3O3S. The van der Waals surface area contributed by atoms with Gasteiger partial charge in [-0.25, -0.2) is 21.9 Å². The van der Waals surface area contributed by atoms with Crippen LogP contribution in [0, 0.1) is 17.6 Å². The highest BCUT2D eigenvalue weighted by Crippen LogP contribution is 2.27. The Labute approximate surface area is 203 Å². The van der Waals surface area contributed by atoms with Crippen molar-refractivity contribution in [3.63, 3.8) is 0 Å². The summed E-state index contributed by atoms with van der Waals surface area (Å²) in [6.07, 6.45) is 3.51. The highest BCUT2D eigenvalue weighted by atomic mass is 32.2. The molecule has 9 heteroatoms. The smallest absolute Gasteiger partial charge is 0.242 e. The van der Waals surface area contributed by atoms with Crippen LogP contribution in [0.5, 0.6) is 0 Å². The first-order valence-electron chi connectivity index (χ1n) is 11.5. The Balaban J connectivity index is 1.30. The zero-order chi connectivity index (χ0) is 25.0. The lowest BCUT2D eigenvalue weighted by molar-refractivity contribution is -0.126. The van der Waals surface area contributed by atoms with Gasteiger partial charge >= 0.3 is 0 Å². The van der Waals surface area contributed by atoms with E-state index < -0.39 is 10.0 Å². The highest BCUT2D eigenvalue weighted by molar-refractivity contribution is 7.89. The van der Waals surface area contributed by atoms with Crippen molar-refractivity contribution in [3.05, 3.63) is 84.1 Å². The maximum Gasteiger partial charge on any atom is 0.242 e. The zero-order valence-corrected chi connectivity index (χ0v) is 20.1. The molecule has 0 radical (unpaired) electrons. The number of hydrogen-bond acceptors (Lipinski definition) is 4. The summed E-state index contributed by atoms with van der Waals surface area (Å²) < 4.78 is 54.6. The van der Waals surface area contributed by atoms with Gasteiger partial charge in [0.2, 0.25) is 15.9 Å². The second kappa shape index (κ2) is 10.6. The van der Waals surface area contributed by atoms with Crippen molar-refractivity contribution in [1.82, 2.24) is 15.0 Å². The first kappa shape index (κ1) is 24.9. The van der Waals surface area contributed by atoms with E-state index in [0.717, 1.165) is 5.56 Å². The minimum Gasteiger partial charge on any atom is -0.349 e. The molecule has 1 aliphatic rings. The fraction of sp³-hybridized carbons (Fsp3) is 0.308. The molecule has 35 heavy (non-hydrogen) atoms. The van der Waals surface area contributed by atoms with Gasteiger partial charge in [0.25, 0.3) is 0 Å². The minimum atomic E-state index is -3.77. The third-order valence-corrected chi connectivity index (χ3v) is 7.84. The van der Waals surface area contributed by atoms with Gasteiger partial charge in [0.1, 0.15) is 16.5 Å². The Morgan fingerprint density at radius 1 is 0.914 bits per heavy atom. The number of nitrogens with one attached hydrogen (secondary N) is 2. The Morgan fingerprint density at radius 3 is 2.09 bits per heavy atom. The van der Waals surface area contributed by atoms with Gasteiger partial charge in [-0.3, -0.25) is 9.78 Å². The summed E-state index contributed by atoms with van der Waals surface area (Å²) in [6.45, 7) is 1.85. The first-order chi connectivity index (χ1) is 16.7. The van der Waals surface area contributed by atoms with Crippen LogP contribution >= 0.6 is 0 Å². The van der Waals surface area contributed by atoms with Crippen molar-refractivity contribution in [2.24, 2.45) is 5.92 Å². The fourth-order valence-corrected chi connectivity index (χ4v) is 5.51. The number of carbonyl (C=O) groups is 1. The van der Waals surface area contributed by atoms with Crippen LogP contribution in [-0.4, -0.2) is 25.4 Å². The molecule has 184 valence electrons. The van der Waals surface area contributed by atoms with Crippen LogP contribution in [0.2, 0.25) is 0 Å². The van der Waals surface area contributed by atoms with E-state index in [4.69, 9.17) is 0 Å². The van der Waals surface area contributed by atoms with Gasteiger partial charge in [0, 0.05) is 23.7 Å². The van der Waals surface area contributed by atoms with Gasteiger partial charge in [-0.1, -0.05) is 12.1 Å². The number of carbonyl (C=O) groups excluding carboxylic acids is 1. The van der Waals surface area contributed by atoms with E-state index in [9.17, 15) is 22.0 Å². The molecule has 4 rings (SSSR count). The molecule has 0 bridgehead atoms. The van der Waals surface area contributed by atoms with Crippen LogP contribution in [-0.2, 0) is 14.8 Å². The molecule has 2 aromatic carbocycles. The van der Waals surface area contributed by atoms with Gasteiger partial charge in [-0.15, -0.1) is 0 Å². The van der Waals surface area contributed by atoms with Gasteiger partial charge in [-0.2, -0.15) is 0 Å². The van der Waals surface area contributed by atoms with Crippen molar-refractivity contribution in [1.29, 1.82) is 0 Å². The van der Waals surface area contributed by atoms with Crippen LogP contribution in [0.4, 0.5) is 8.78 Å². The lowest BCUT2D eigenvalue weighted by atomic mass is 9.85. The van der Waals surface area contributed by atoms with E-state index in [-0.39, 0.29) is 40.4 Å². The summed E-state index contributed by atoms with van der Waals surface area (Å²) >= 11 is 0. The predicted molar refractivity (Wildman–Crippen MR) is 129 cm³/mol. The Hall–Kier alpha value is -3.17. The van der Waals surface area contributed by atoms with Crippen molar-refractivity contribution < 1.29 is 22.0 Å². The molecule has 3 aromatic rings. The van der Waals surface area contributed by atoms with Crippen LogP contribution in [0.25, 0.3) is 11.3 Å². The molecule has 0 unspecified atom stereocenters. The fourth-order valence-electron chi connectivity index (χ4n) is 4.26. The van der Waals surface area contributed by atoms with E-state index >= 15 is 0 Å². The SMILES string of the molecule is C[C@@H](NC(=O)C1CCC(NS(=O)(=O)c2ccc(-c3ccc(F)cc3)nc2)CC1)c1ccc(F)cc1. The van der Waals surface area contributed by atoms with Crippen LogP contribution in [0.15, 0.2) is 71.8 Å². The van der Waals surface area contributed by atoms with Crippen molar-refractivity contribution in [3.8, 4) is 11.3 Å². The molecule has 1 amide bonds. The third-order valence-electron chi connectivity index (χ3n) is 6.34. The van der Waals surface area contributed by atoms with Crippen molar-refractivity contribution in [2.45, 2.75) is 49.6 Å². The molecular weight excluding hydrogens is 472 g/mol. The number of nitrogens with zero attached hydrogens (tertiary/aromatic N) is 1. The van der Waals surface area contributed by atoms with Crippen LogP contribution in [0.3, 0.4) is 0 Å².